The molecule has 1 aliphatic heterocycles. The zero-order valence-corrected chi connectivity index (χ0v) is 18.5. The third kappa shape index (κ3) is 4.12. The minimum Gasteiger partial charge on any atom is -0.497 e. The van der Waals surface area contributed by atoms with E-state index in [-0.39, 0.29) is 11.3 Å². The minimum atomic E-state index is -0.525. The molecule has 4 rings (SSSR count). The standard InChI is InChI=1S/C25H18ClN3O4/c1-32-19-10-5-16(6-11-19)22-23(28-17-7-12-21(33-2)20(26)13-17)25(31)29(24(22)30)18-8-3-15(14-27)4-9-18/h3-13,28H,1-2H3. The zero-order valence-electron chi connectivity index (χ0n) is 17.8. The molecule has 3 aromatic rings. The fourth-order valence-corrected chi connectivity index (χ4v) is 3.74. The molecule has 0 fully saturated rings. The first-order valence-electron chi connectivity index (χ1n) is 9.85. The summed E-state index contributed by atoms with van der Waals surface area (Å²) in [6.07, 6.45) is 0. The molecule has 0 saturated carbocycles. The van der Waals surface area contributed by atoms with E-state index >= 15 is 0 Å². The van der Waals surface area contributed by atoms with Gasteiger partial charge in [0.15, 0.2) is 0 Å². The summed E-state index contributed by atoms with van der Waals surface area (Å²) < 4.78 is 10.4. The lowest BCUT2D eigenvalue weighted by molar-refractivity contribution is -0.120. The van der Waals surface area contributed by atoms with Crippen molar-refractivity contribution in [3.8, 4) is 17.6 Å². The van der Waals surface area contributed by atoms with Crippen molar-refractivity contribution in [2.24, 2.45) is 0 Å². The molecule has 3 aromatic carbocycles. The number of imide groups is 1. The lowest BCUT2D eigenvalue weighted by Gasteiger charge is -2.15. The molecule has 0 bridgehead atoms. The van der Waals surface area contributed by atoms with E-state index in [9.17, 15) is 9.59 Å². The van der Waals surface area contributed by atoms with Gasteiger partial charge in [-0.05, 0) is 60.2 Å². The SMILES string of the molecule is COc1ccc(C2=C(Nc3ccc(OC)c(Cl)c3)C(=O)N(c3ccc(C#N)cc3)C2=O)cc1. The number of nitrogens with zero attached hydrogens (tertiary/aromatic N) is 2. The number of nitrogens with one attached hydrogen (secondary N) is 1. The van der Waals surface area contributed by atoms with Crippen molar-refractivity contribution in [1.82, 2.24) is 0 Å². The summed E-state index contributed by atoms with van der Waals surface area (Å²) >= 11 is 6.24. The number of amides is 2. The Hall–Kier alpha value is -4.28. The Morgan fingerprint density at radius 1 is 0.909 bits per heavy atom. The molecule has 0 spiro atoms. The maximum atomic E-state index is 13.5. The molecule has 0 radical (unpaired) electrons. The highest BCUT2D eigenvalue weighted by Crippen LogP contribution is 2.35. The van der Waals surface area contributed by atoms with Gasteiger partial charge in [-0.1, -0.05) is 23.7 Å². The first-order valence-corrected chi connectivity index (χ1v) is 10.2. The Labute approximate surface area is 195 Å². The van der Waals surface area contributed by atoms with Gasteiger partial charge in [0.25, 0.3) is 11.8 Å². The van der Waals surface area contributed by atoms with E-state index in [1.165, 1.54) is 7.11 Å². The molecular weight excluding hydrogens is 442 g/mol. The van der Waals surface area contributed by atoms with Crippen LogP contribution in [0, 0.1) is 11.3 Å². The summed E-state index contributed by atoms with van der Waals surface area (Å²) in [5, 5.41) is 12.5. The fraction of sp³-hybridized carbons (Fsp3) is 0.0800. The van der Waals surface area contributed by atoms with Gasteiger partial charge in [0.1, 0.15) is 17.2 Å². The molecule has 0 aliphatic carbocycles. The number of benzene rings is 3. The van der Waals surface area contributed by atoms with Gasteiger partial charge < -0.3 is 14.8 Å². The maximum Gasteiger partial charge on any atom is 0.282 e. The zero-order chi connectivity index (χ0) is 23.5. The largest absolute Gasteiger partial charge is 0.497 e. The van der Waals surface area contributed by atoms with Crippen molar-refractivity contribution in [2.45, 2.75) is 0 Å². The Bertz CT molecular complexity index is 1310. The topological polar surface area (TPSA) is 91.7 Å². The Balaban J connectivity index is 1.79. The van der Waals surface area contributed by atoms with E-state index in [1.54, 1.807) is 73.8 Å². The number of halogens is 1. The van der Waals surface area contributed by atoms with Crippen molar-refractivity contribution in [2.75, 3.05) is 24.4 Å². The van der Waals surface area contributed by atoms with E-state index in [0.29, 0.717) is 39.0 Å². The smallest absolute Gasteiger partial charge is 0.282 e. The highest BCUT2D eigenvalue weighted by Gasteiger charge is 2.40. The normalized spacial score (nSPS) is 13.2. The third-order valence-corrected chi connectivity index (χ3v) is 5.43. The highest BCUT2D eigenvalue weighted by atomic mass is 35.5. The number of anilines is 2. The maximum absolute atomic E-state index is 13.5. The lowest BCUT2D eigenvalue weighted by Crippen LogP contribution is -2.32. The predicted molar refractivity (Wildman–Crippen MR) is 125 cm³/mol. The van der Waals surface area contributed by atoms with Gasteiger partial charge >= 0.3 is 0 Å². The summed E-state index contributed by atoms with van der Waals surface area (Å²) in [6.45, 7) is 0. The lowest BCUT2D eigenvalue weighted by atomic mass is 10.0. The van der Waals surface area contributed by atoms with Crippen molar-refractivity contribution < 1.29 is 19.1 Å². The molecule has 2 amide bonds. The molecule has 164 valence electrons. The second-order valence-electron chi connectivity index (χ2n) is 7.06. The first-order chi connectivity index (χ1) is 16.0. The molecule has 1 N–H and O–H groups in total. The van der Waals surface area contributed by atoms with E-state index in [2.05, 4.69) is 5.32 Å². The van der Waals surface area contributed by atoms with Gasteiger partial charge in [-0.2, -0.15) is 5.26 Å². The van der Waals surface area contributed by atoms with Crippen LogP contribution in [0.5, 0.6) is 11.5 Å². The van der Waals surface area contributed by atoms with E-state index in [4.69, 9.17) is 26.3 Å². The molecular formula is C25H18ClN3O4. The van der Waals surface area contributed by atoms with Gasteiger partial charge in [0, 0.05) is 5.69 Å². The van der Waals surface area contributed by atoms with Crippen LogP contribution in [0.4, 0.5) is 11.4 Å². The van der Waals surface area contributed by atoms with Crippen LogP contribution in [-0.4, -0.2) is 26.0 Å². The average Bonchev–Trinajstić information content (AvgIpc) is 3.08. The van der Waals surface area contributed by atoms with Crippen LogP contribution in [0.3, 0.4) is 0 Å². The van der Waals surface area contributed by atoms with Crippen molar-refractivity contribution in [3.63, 3.8) is 0 Å². The molecule has 33 heavy (non-hydrogen) atoms. The second kappa shape index (κ2) is 9.07. The predicted octanol–water partition coefficient (Wildman–Crippen LogP) is 4.63. The molecule has 0 aromatic heterocycles. The van der Waals surface area contributed by atoms with Crippen LogP contribution in [0.2, 0.25) is 5.02 Å². The Morgan fingerprint density at radius 2 is 1.61 bits per heavy atom. The first kappa shape index (κ1) is 21.9. The number of ether oxygens (including phenoxy) is 2. The number of carbonyl (C=O) groups excluding carboxylic acids is 2. The fourth-order valence-electron chi connectivity index (χ4n) is 3.48. The molecule has 0 atom stereocenters. The van der Waals surface area contributed by atoms with Crippen LogP contribution in [0.25, 0.3) is 5.57 Å². The molecule has 1 heterocycles. The number of hydrogen-bond acceptors (Lipinski definition) is 6. The quantitative estimate of drug-likeness (QED) is 0.540. The summed E-state index contributed by atoms with van der Waals surface area (Å²) in [7, 11) is 3.05. The van der Waals surface area contributed by atoms with Crippen LogP contribution >= 0.6 is 11.6 Å². The van der Waals surface area contributed by atoms with Crippen molar-refractivity contribution in [1.29, 1.82) is 5.26 Å². The van der Waals surface area contributed by atoms with E-state index in [1.807, 2.05) is 6.07 Å². The van der Waals surface area contributed by atoms with E-state index < -0.39 is 11.8 Å². The highest BCUT2D eigenvalue weighted by molar-refractivity contribution is 6.46. The van der Waals surface area contributed by atoms with Crippen molar-refractivity contribution >= 4 is 40.4 Å². The molecule has 8 heteroatoms. The van der Waals surface area contributed by atoms with Gasteiger partial charge in [0.2, 0.25) is 0 Å². The molecule has 1 aliphatic rings. The van der Waals surface area contributed by atoms with Gasteiger partial charge in [-0.25, -0.2) is 4.90 Å². The number of hydrogen-bond donors (Lipinski definition) is 1. The monoisotopic (exact) mass is 459 g/mol. The summed E-state index contributed by atoms with van der Waals surface area (Å²) in [6, 6.07) is 20.1. The second-order valence-corrected chi connectivity index (χ2v) is 7.46. The summed E-state index contributed by atoms with van der Waals surface area (Å²) in [5.41, 5.74) is 2.17. The number of carbonyl (C=O) groups is 2. The minimum absolute atomic E-state index is 0.107. The summed E-state index contributed by atoms with van der Waals surface area (Å²) in [5.74, 6) is 0.0931. The van der Waals surface area contributed by atoms with Gasteiger partial charge in [-0.3, -0.25) is 9.59 Å². The van der Waals surface area contributed by atoms with Crippen LogP contribution in [0.1, 0.15) is 11.1 Å². The molecule has 0 unspecified atom stereocenters. The van der Waals surface area contributed by atoms with Crippen LogP contribution in [0.15, 0.2) is 72.4 Å². The molecule has 7 nitrogen and oxygen atoms in total. The van der Waals surface area contributed by atoms with Crippen LogP contribution in [-0.2, 0) is 9.59 Å². The number of rotatable bonds is 6. The molecule has 0 saturated heterocycles. The van der Waals surface area contributed by atoms with Crippen molar-refractivity contribution in [3.05, 3.63) is 88.6 Å². The third-order valence-electron chi connectivity index (χ3n) is 5.14. The average molecular weight is 460 g/mol. The number of methoxy groups -OCH3 is 2. The number of nitriles is 1. The Kier molecular flexibility index (Phi) is 6.03. The van der Waals surface area contributed by atoms with E-state index in [0.717, 1.165) is 4.90 Å². The van der Waals surface area contributed by atoms with Crippen LogP contribution < -0.4 is 19.7 Å². The van der Waals surface area contributed by atoms with Gasteiger partial charge in [-0.15, -0.1) is 0 Å². The van der Waals surface area contributed by atoms with Gasteiger partial charge in [0.05, 0.1) is 42.1 Å². The summed E-state index contributed by atoms with van der Waals surface area (Å²) in [4.78, 5) is 28.0. The Morgan fingerprint density at radius 3 is 2.18 bits per heavy atom.